The van der Waals surface area contributed by atoms with Crippen LogP contribution in [0.25, 0.3) is 22.8 Å². The molecule has 0 unspecified atom stereocenters. The quantitative estimate of drug-likeness (QED) is 0.789. The molecule has 0 spiro atoms. The molecule has 0 bridgehead atoms. The van der Waals surface area contributed by atoms with Crippen LogP contribution in [0, 0.1) is 0 Å². The SMILES string of the molecule is NC1CCN(c2ccc(-c3nc(-c4cccnc4)no3)cn2)CC1. The van der Waals surface area contributed by atoms with Gasteiger partial charge in [0.15, 0.2) is 0 Å². The van der Waals surface area contributed by atoms with E-state index in [1.165, 1.54) is 0 Å². The van der Waals surface area contributed by atoms with E-state index in [0.29, 0.717) is 17.8 Å². The van der Waals surface area contributed by atoms with Crippen molar-refractivity contribution in [1.82, 2.24) is 20.1 Å². The molecule has 122 valence electrons. The number of piperidine rings is 1. The lowest BCUT2D eigenvalue weighted by atomic mass is 10.1. The minimum Gasteiger partial charge on any atom is -0.357 e. The molecular weight excluding hydrogens is 304 g/mol. The summed E-state index contributed by atoms with van der Waals surface area (Å²) in [4.78, 5) is 15.3. The monoisotopic (exact) mass is 322 g/mol. The van der Waals surface area contributed by atoms with E-state index < -0.39 is 0 Å². The summed E-state index contributed by atoms with van der Waals surface area (Å²) < 4.78 is 5.35. The molecule has 2 N–H and O–H groups in total. The Bertz CT molecular complexity index is 793. The predicted octanol–water partition coefficient (Wildman–Crippen LogP) is 2.12. The molecule has 7 nitrogen and oxygen atoms in total. The minimum atomic E-state index is 0.310. The number of nitrogens with two attached hydrogens (primary N) is 1. The third kappa shape index (κ3) is 2.98. The van der Waals surface area contributed by atoms with Crippen LogP contribution in [0.4, 0.5) is 5.82 Å². The van der Waals surface area contributed by atoms with Gasteiger partial charge in [0.2, 0.25) is 5.82 Å². The maximum absolute atomic E-state index is 5.95. The van der Waals surface area contributed by atoms with E-state index in [2.05, 4.69) is 25.0 Å². The lowest BCUT2D eigenvalue weighted by molar-refractivity contribution is 0.432. The largest absolute Gasteiger partial charge is 0.357 e. The Morgan fingerprint density at radius 2 is 1.96 bits per heavy atom. The summed E-state index contributed by atoms with van der Waals surface area (Å²) in [5.74, 6) is 1.93. The van der Waals surface area contributed by atoms with Gasteiger partial charge < -0.3 is 15.2 Å². The highest BCUT2D eigenvalue weighted by atomic mass is 16.5. The number of rotatable bonds is 3. The van der Waals surface area contributed by atoms with Crippen LogP contribution in [0.1, 0.15) is 12.8 Å². The maximum atomic E-state index is 5.95. The zero-order valence-corrected chi connectivity index (χ0v) is 13.2. The van der Waals surface area contributed by atoms with Gasteiger partial charge in [0.05, 0.1) is 5.56 Å². The van der Waals surface area contributed by atoms with Crippen molar-refractivity contribution in [2.75, 3.05) is 18.0 Å². The average Bonchev–Trinajstić information content (AvgIpc) is 3.13. The Morgan fingerprint density at radius 3 is 2.67 bits per heavy atom. The van der Waals surface area contributed by atoms with Crippen LogP contribution in [0.3, 0.4) is 0 Å². The van der Waals surface area contributed by atoms with Crippen LogP contribution in [-0.4, -0.2) is 39.2 Å². The molecule has 24 heavy (non-hydrogen) atoms. The summed E-state index contributed by atoms with van der Waals surface area (Å²) in [6.45, 7) is 1.89. The molecule has 3 aromatic heterocycles. The first-order valence-electron chi connectivity index (χ1n) is 8.00. The summed E-state index contributed by atoms with van der Waals surface area (Å²) in [6.07, 6.45) is 7.19. The van der Waals surface area contributed by atoms with Gasteiger partial charge in [-0.2, -0.15) is 4.98 Å². The van der Waals surface area contributed by atoms with Gasteiger partial charge in [-0.15, -0.1) is 0 Å². The summed E-state index contributed by atoms with van der Waals surface area (Å²) >= 11 is 0. The lowest BCUT2D eigenvalue weighted by Gasteiger charge is -2.31. The normalized spacial score (nSPS) is 15.6. The van der Waals surface area contributed by atoms with Crippen molar-refractivity contribution in [1.29, 1.82) is 0 Å². The van der Waals surface area contributed by atoms with Crippen molar-refractivity contribution in [3.05, 3.63) is 42.9 Å². The fraction of sp³-hybridized carbons (Fsp3) is 0.294. The molecule has 0 aliphatic carbocycles. The Balaban J connectivity index is 1.52. The molecule has 0 atom stereocenters. The van der Waals surface area contributed by atoms with Gasteiger partial charge in [-0.25, -0.2) is 4.98 Å². The van der Waals surface area contributed by atoms with E-state index in [4.69, 9.17) is 10.3 Å². The van der Waals surface area contributed by atoms with Crippen LogP contribution in [-0.2, 0) is 0 Å². The smallest absolute Gasteiger partial charge is 0.259 e. The molecular formula is C17H18N6O. The molecule has 0 aromatic carbocycles. The summed E-state index contributed by atoms with van der Waals surface area (Å²) in [5.41, 5.74) is 7.57. The van der Waals surface area contributed by atoms with Crippen LogP contribution in [0.2, 0.25) is 0 Å². The number of hydrogen-bond acceptors (Lipinski definition) is 7. The molecule has 4 heterocycles. The van der Waals surface area contributed by atoms with Gasteiger partial charge >= 0.3 is 0 Å². The molecule has 1 aliphatic rings. The fourth-order valence-electron chi connectivity index (χ4n) is 2.78. The Labute approximate surface area is 139 Å². The molecule has 1 fully saturated rings. The summed E-state index contributed by atoms with van der Waals surface area (Å²) in [5, 5.41) is 4.01. The van der Waals surface area contributed by atoms with Gasteiger partial charge in [0.25, 0.3) is 5.89 Å². The van der Waals surface area contributed by atoms with E-state index in [-0.39, 0.29) is 0 Å². The molecule has 3 aromatic rings. The van der Waals surface area contributed by atoms with Crippen molar-refractivity contribution >= 4 is 5.82 Å². The van der Waals surface area contributed by atoms with Gasteiger partial charge in [0.1, 0.15) is 5.82 Å². The van der Waals surface area contributed by atoms with Crippen LogP contribution in [0.5, 0.6) is 0 Å². The molecule has 0 amide bonds. The second-order valence-corrected chi connectivity index (χ2v) is 5.89. The molecule has 1 aliphatic heterocycles. The van der Waals surface area contributed by atoms with E-state index in [0.717, 1.165) is 42.9 Å². The van der Waals surface area contributed by atoms with Crippen LogP contribution >= 0.6 is 0 Å². The van der Waals surface area contributed by atoms with Gasteiger partial charge in [0, 0.05) is 43.3 Å². The summed E-state index contributed by atoms with van der Waals surface area (Å²) in [6, 6.07) is 7.98. The van der Waals surface area contributed by atoms with E-state index >= 15 is 0 Å². The van der Waals surface area contributed by atoms with Crippen LogP contribution < -0.4 is 10.6 Å². The fourth-order valence-corrected chi connectivity index (χ4v) is 2.78. The van der Waals surface area contributed by atoms with Gasteiger partial charge in [-0.3, -0.25) is 4.98 Å². The van der Waals surface area contributed by atoms with Crippen molar-refractivity contribution in [3.8, 4) is 22.8 Å². The number of pyridine rings is 2. The van der Waals surface area contributed by atoms with Crippen molar-refractivity contribution in [3.63, 3.8) is 0 Å². The number of nitrogens with zero attached hydrogens (tertiary/aromatic N) is 5. The topological polar surface area (TPSA) is 94.0 Å². The van der Waals surface area contributed by atoms with Crippen LogP contribution in [0.15, 0.2) is 47.4 Å². The van der Waals surface area contributed by atoms with Crippen molar-refractivity contribution < 1.29 is 4.52 Å². The highest BCUT2D eigenvalue weighted by Gasteiger charge is 2.18. The standard InChI is InChI=1S/C17H18N6O/c18-14-5-8-23(9-6-14)15-4-3-13(11-20-15)17-21-16(22-24-17)12-2-1-7-19-10-12/h1-4,7,10-11,14H,5-6,8-9,18H2. The lowest BCUT2D eigenvalue weighted by Crippen LogP contribution is -2.40. The second-order valence-electron chi connectivity index (χ2n) is 5.89. The first kappa shape index (κ1) is 14.8. The molecule has 1 saturated heterocycles. The maximum Gasteiger partial charge on any atom is 0.259 e. The van der Waals surface area contributed by atoms with Gasteiger partial charge in [-0.05, 0) is 37.1 Å². The number of aromatic nitrogens is 4. The third-order valence-corrected chi connectivity index (χ3v) is 4.20. The van der Waals surface area contributed by atoms with E-state index in [1.54, 1.807) is 18.6 Å². The second kappa shape index (κ2) is 6.37. The highest BCUT2D eigenvalue weighted by molar-refractivity contribution is 5.59. The first-order valence-corrected chi connectivity index (χ1v) is 8.00. The molecule has 0 saturated carbocycles. The van der Waals surface area contributed by atoms with Crippen molar-refractivity contribution in [2.45, 2.75) is 18.9 Å². The molecule has 7 heteroatoms. The predicted molar refractivity (Wildman–Crippen MR) is 90.2 cm³/mol. The average molecular weight is 322 g/mol. The van der Waals surface area contributed by atoms with E-state index in [9.17, 15) is 0 Å². The third-order valence-electron chi connectivity index (χ3n) is 4.20. The zero-order valence-electron chi connectivity index (χ0n) is 13.2. The molecule has 4 rings (SSSR count). The van der Waals surface area contributed by atoms with Crippen molar-refractivity contribution in [2.24, 2.45) is 5.73 Å². The summed E-state index contributed by atoms with van der Waals surface area (Å²) in [7, 11) is 0. The minimum absolute atomic E-state index is 0.310. The number of hydrogen-bond donors (Lipinski definition) is 1. The highest BCUT2D eigenvalue weighted by Crippen LogP contribution is 2.23. The molecule has 0 radical (unpaired) electrons. The zero-order chi connectivity index (χ0) is 16.4. The Kier molecular flexibility index (Phi) is 3.92. The van der Waals surface area contributed by atoms with Gasteiger partial charge in [-0.1, -0.05) is 5.16 Å². The Hall–Kier alpha value is -2.80. The Morgan fingerprint density at radius 1 is 1.08 bits per heavy atom. The van der Waals surface area contributed by atoms with E-state index in [1.807, 2.05) is 24.3 Å². The first-order chi connectivity index (χ1) is 11.8. The number of anilines is 1.